The highest BCUT2D eigenvalue weighted by Crippen LogP contribution is 2.19. The van der Waals surface area contributed by atoms with Crippen molar-refractivity contribution in [3.63, 3.8) is 0 Å². The van der Waals surface area contributed by atoms with Gasteiger partial charge in [-0.05, 0) is 11.1 Å². The van der Waals surface area contributed by atoms with Gasteiger partial charge in [0.2, 0.25) is 0 Å². The number of methoxy groups -OCH3 is 1. The molecule has 1 atom stereocenters. The number of rotatable bonds is 6. The normalized spacial score (nSPS) is 13.6. The van der Waals surface area contributed by atoms with Crippen LogP contribution in [0.3, 0.4) is 0 Å². The largest absolute Gasteiger partial charge is 0.415 e. The number of hydrogen-bond acceptors (Lipinski definition) is 3. The predicted octanol–water partition coefficient (Wildman–Crippen LogP) is 1.85. The third kappa shape index (κ3) is 5.03. The quantitative estimate of drug-likeness (QED) is 0.823. The fraction of sp³-hybridized carbons (Fsp3) is 0.500. The lowest BCUT2D eigenvalue weighted by Crippen LogP contribution is -2.38. The van der Waals surface area contributed by atoms with Crippen molar-refractivity contribution in [3.05, 3.63) is 35.4 Å². The van der Waals surface area contributed by atoms with Crippen LogP contribution in [0, 0.1) is 0 Å². The standard InChI is InChI=1S/C12H16F3NO2/c1-18-8-10-4-2-3-9(5-10)6-16-7-11(17)12(13,14)15/h2-5,11,16-17H,6-8H2,1H3. The Labute approximate surface area is 104 Å². The molecule has 0 bridgehead atoms. The van der Waals surface area contributed by atoms with Crippen molar-refractivity contribution >= 4 is 0 Å². The van der Waals surface area contributed by atoms with E-state index in [0.29, 0.717) is 6.61 Å². The van der Waals surface area contributed by atoms with E-state index in [1.165, 1.54) is 0 Å². The van der Waals surface area contributed by atoms with E-state index in [0.717, 1.165) is 11.1 Å². The number of halogens is 3. The van der Waals surface area contributed by atoms with Crippen molar-refractivity contribution in [2.24, 2.45) is 0 Å². The summed E-state index contributed by atoms with van der Waals surface area (Å²) in [6.07, 6.45) is -6.91. The van der Waals surface area contributed by atoms with Gasteiger partial charge in [-0.15, -0.1) is 0 Å². The van der Waals surface area contributed by atoms with E-state index in [4.69, 9.17) is 9.84 Å². The van der Waals surface area contributed by atoms with Gasteiger partial charge in [-0.3, -0.25) is 0 Å². The van der Waals surface area contributed by atoms with E-state index in [1.807, 2.05) is 18.2 Å². The third-order valence-corrected chi connectivity index (χ3v) is 2.35. The number of aliphatic hydroxyl groups excluding tert-OH is 1. The second kappa shape index (κ2) is 6.72. The Kier molecular flexibility index (Phi) is 5.58. The molecular weight excluding hydrogens is 247 g/mol. The molecule has 0 aromatic heterocycles. The topological polar surface area (TPSA) is 41.5 Å². The van der Waals surface area contributed by atoms with Gasteiger partial charge in [0.05, 0.1) is 6.61 Å². The highest BCUT2D eigenvalue weighted by atomic mass is 19.4. The molecule has 0 heterocycles. The number of nitrogens with one attached hydrogen (secondary N) is 1. The van der Waals surface area contributed by atoms with Gasteiger partial charge in [0.15, 0.2) is 6.10 Å². The van der Waals surface area contributed by atoms with Crippen LogP contribution in [0.1, 0.15) is 11.1 Å². The molecular formula is C12H16F3NO2. The van der Waals surface area contributed by atoms with Gasteiger partial charge in [0.1, 0.15) is 0 Å². The second-order valence-electron chi connectivity index (χ2n) is 3.94. The molecule has 1 aromatic carbocycles. The molecule has 1 unspecified atom stereocenters. The van der Waals surface area contributed by atoms with Crippen LogP contribution >= 0.6 is 0 Å². The van der Waals surface area contributed by atoms with Gasteiger partial charge < -0.3 is 15.2 Å². The Balaban J connectivity index is 2.42. The summed E-state index contributed by atoms with van der Waals surface area (Å²) < 4.78 is 41.1. The number of ether oxygens (including phenoxy) is 1. The Bertz CT molecular complexity index is 369. The molecule has 0 aliphatic heterocycles. The average molecular weight is 263 g/mol. The van der Waals surface area contributed by atoms with E-state index in [1.54, 1.807) is 13.2 Å². The van der Waals surface area contributed by atoms with E-state index in [9.17, 15) is 13.2 Å². The van der Waals surface area contributed by atoms with Crippen molar-refractivity contribution in [2.45, 2.75) is 25.4 Å². The van der Waals surface area contributed by atoms with Crippen molar-refractivity contribution in [1.82, 2.24) is 5.32 Å². The molecule has 0 amide bonds. The summed E-state index contributed by atoms with van der Waals surface area (Å²) in [5.41, 5.74) is 1.80. The predicted molar refractivity (Wildman–Crippen MR) is 60.9 cm³/mol. The van der Waals surface area contributed by atoms with Crippen LogP contribution in [0.25, 0.3) is 0 Å². The molecule has 3 nitrogen and oxygen atoms in total. The maximum Gasteiger partial charge on any atom is 0.415 e. The zero-order chi connectivity index (χ0) is 13.6. The average Bonchev–Trinajstić information content (AvgIpc) is 2.28. The molecule has 0 aliphatic rings. The molecule has 1 rings (SSSR count). The summed E-state index contributed by atoms with van der Waals surface area (Å²) in [5.74, 6) is 0. The molecule has 0 aliphatic carbocycles. The van der Waals surface area contributed by atoms with Crippen molar-refractivity contribution in [1.29, 1.82) is 0 Å². The van der Waals surface area contributed by atoms with Gasteiger partial charge >= 0.3 is 6.18 Å². The third-order valence-electron chi connectivity index (χ3n) is 2.35. The number of alkyl halides is 3. The number of aliphatic hydroxyl groups is 1. The maximum atomic E-state index is 12.0. The van der Waals surface area contributed by atoms with Crippen molar-refractivity contribution in [3.8, 4) is 0 Å². The van der Waals surface area contributed by atoms with Crippen LogP contribution in [-0.4, -0.2) is 31.0 Å². The van der Waals surface area contributed by atoms with E-state index >= 15 is 0 Å². The Morgan fingerprint density at radius 2 is 2.00 bits per heavy atom. The van der Waals surface area contributed by atoms with Crippen molar-refractivity contribution in [2.75, 3.05) is 13.7 Å². The first-order valence-electron chi connectivity index (χ1n) is 5.45. The van der Waals surface area contributed by atoms with Gasteiger partial charge in [-0.2, -0.15) is 13.2 Å². The highest BCUT2D eigenvalue weighted by molar-refractivity contribution is 5.22. The molecule has 0 spiro atoms. The van der Waals surface area contributed by atoms with E-state index in [-0.39, 0.29) is 6.54 Å². The van der Waals surface area contributed by atoms with E-state index in [2.05, 4.69) is 5.32 Å². The van der Waals surface area contributed by atoms with Gasteiger partial charge in [0.25, 0.3) is 0 Å². The summed E-state index contributed by atoms with van der Waals surface area (Å²) in [4.78, 5) is 0. The maximum absolute atomic E-state index is 12.0. The molecule has 6 heteroatoms. The van der Waals surface area contributed by atoms with Crippen LogP contribution < -0.4 is 5.32 Å². The molecule has 2 N–H and O–H groups in total. The van der Waals surface area contributed by atoms with Gasteiger partial charge in [-0.25, -0.2) is 0 Å². The van der Waals surface area contributed by atoms with Gasteiger partial charge in [0, 0.05) is 20.2 Å². The summed E-state index contributed by atoms with van der Waals surface area (Å²) in [6.45, 7) is 0.210. The van der Waals surface area contributed by atoms with E-state index < -0.39 is 18.8 Å². The zero-order valence-corrected chi connectivity index (χ0v) is 10.00. The first kappa shape index (κ1) is 14.9. The molecule has 18 heavy (non-hydrogen) atoms. The molecule has 1 aromatic rings. The Hall–Kier alpha value is -1.11. The monoisotopic (exact) mass is 263 g/mol. The second-order valence-corrected chi connectivity index (χ2v) is 3.94. The lowest BCUT2D eigenvalue weighted by Gasteiger charge is -2.15. The number of hydrogen-bond donors (Lipinski definition) is 2. The SMILES string of the molecule is COCc1cccc(CNCC(O)C(F)(F)F)c1. The first-order valence-corrected chi connectivity index (χ1v) is 5.45. The lowest BCUT2D eigenvalue weighted by molar-refractivity contribution is -0.201. The fourth-order valence-electron chi connectivity index (χ4n) is 1.47. The number of benzene rings is 1. The Morgan fingerprint density at radius 1 is 1.33 bits per heavy atom. The summed E-state index contributed by atoms with van der Waals surface area (Å²) in [7, 11) is 1.57. The van der Waals surface area contributed by atoms with Gasteiger partial charge in [-0.1, -0.05) is 24.3 Å². The minimum atomic E-state index is -4.58. The van der Waals surface area contributed by atoms with Crippen LogP contribution in [0.2, 0.25) is 0 Å². The van der Waals surface area contributed by atoms with Crippen LogP contribution in [-0.2, 0) is 17.9 Å². The van der Waals surface area contributed by atoms with Crippen LogP contribution in [0.15, 0.2) is 24.3 Å². The minimum Gasteiger partial charge on any atom is -0.382 e. The molecule has 0 radical (unpaired) electrons. The molecule has 0 fully saturated rings. The summed E-state index contributed by atoms with van der Waals surface area (Å²) in [5, 5.41) is 11.4. The summed E-state index contributed by atoms with van der Waals surface area (Å²) in [6, 6.07) is 7.33. The zero-order valence-electron chi connectivity index (χ0n) is 10.00. The lowest BCUT2D eigenvalue weighted by atomic mass is 10.1. The fourth-order valence-corrected chi connectivity index (χ4v) is 1.47. The van der Waals surface area contributed by atoms with Crippen LogP contribution in [0.4, 0.5) is 13.2 Å². The first-order chi connectivity index (χ1) is 8.43. The molecule has 0 saturated carbocycles. The minimum absolute atomic E-state index is 0.269. The van der Waals surface area contributed by atoms with Crippen molar-refractivity contribution < 1.29 is 23.0 Å². The Morgan fingerprint density at radius 3 is 2.61 bits per heavy atom. The smallest absolute Gasteiger partial charge is 0.382 e. The molecule has 0 saturated heterocycles. The highest BCUT2D eigenvalue weighted by Gasteiger charge is 2.37. The summed E-state index contributed by atoms with van der Waals surface area (Å²) >= 11 is 0. The molecule has 102 valence electrons. The van der Waals surface area contributed by atoms with Crippen LogP contribution in [0.5, 0.6) is 0 Å².